The van der Waals surface area contributed by atoms with Crippen LogP contribution in [-0.2, 0) is 0 Å². The minimum absolute atomic E-state index is 0.112. The number of carbonyl (C=O) groups excluding carboxylic acids is 1. The number of ether oxygens (including phenoxy) is 2. The zero-order valence-corrected chi connectivity index (χ0v) is 18.8. The standard InChI is InChI=1S/C27H25N3O3/c1-18-7-9-20(10-8-18)19(2)29-27(31)22-6-4-5-21(17-22)26-28-16-15-25(30-26)33-24-13-11-23(32-3)12-14-24/h4-17,19H,1-3H3,(H,29,31)/t19-/m1/s1. The number of carbonyl (C=O) groups is 1. The Morgan fingerprint density at radius 1 is 0.939 bits per heavy atom. The minimum Gasteiger partial charge on any atom is -0.497 e. The van der Waals surface area contributed by atoms with Gasteiger partial charge in [0.1, 0.15) is 11.5 Å². The number of rotatable bonds is 7. The normalized spacial score (nSPS) is 11.5. The van der Waals surface area contributed by atoms with E-state index in [1.165, 1.54) is 5.56 Å². The van der Waals surface area contributed by atoms with E-state index in [1.807, 2.05) is 62.4 Å². The van der Waals surface area contributed by atoms with Crippen LogP contribution in [0.3, 0.4) is 0 Å². The number of methoxy groups -OCH3 is 1. The average molecular weight is 440 g/mol. The van der Waals surface area contributed by atoms with Gasteiger partial charge in [-0.2, -0.15) is 4.98 Å². The molecule has 1 aromatic heterocycles. The van der Waals surface area contributed by atoms with E-state index in [2.05, 4.69) is 15.3 Å². The Bertz CT molecular complexity index is 1240. The van der Waals surface area contributed by atoms with Crippen LogP contribution < -0.4 is 14.8 Å². The van der Waals surface area contributed by atoms with Gasteiger partial charge in [0.05, 0.1) is 13.2 Å². The first-order chi connectivity index (χ1) is 16.0. The monoisotopic (exact) mass is 439 g/mol. The summed E-state index contributed by atoms with van der Waals surface area (Å²) in [4.78, 5) is 21.7. The molecule has 0 aliphatic rings. The van der Waals surface area contributed by atoms with Crippen LogP contribution in [0, 0.1) is 6.92 Å². The van der Waals surface area contributed by atoms with Gasteiger partial charge in [0.15, 0.2) is 5.82 Å². The van der Waals surface area contributed by atoms with Gasteiger partial charge in [-0.05, 0) is 55.8 Å². The molecule has 33 heavy (non-hydrogen) atoms. The number of aromatic nitrogens is 2. The number of nitrogens with one attached hydrogen (secondary N) is 1. The summed E-state index contributed by atoms with van der Waals surface area (Å²) in [5, 5.41) is 3.05. The molecule has 0 aliphatic heterocycles. The Morgan fingerprint density at radius 2 is 1.67 bits per heavy atom. The highest BCUT2D eigenvalue weighted by atomic mass is 16.5. The fourth-order valence-corrected chi connectivity index (χ4v) is 3.32. The van der Waals surface area contributed by atoms with Gasteiger partial charge in [0.2, 0.25) is 5.88 Å². The summed E-state index contributed by atoms with van der Waals surface area (Å²) in [6.07, 6.45) is 1.63. The van der Waals surface area contributed by atoms with Gasteiger partial charge in [-0.25, -0.2) is 4.98 Å². The first kappa shape index (κ1) is 22.0. The molecule has 1 heterocycles. The third-order valence-corrected chi connectivity index (χ3v) is 5.22. The fraction of sp³-hybridized carbons (Fsp3) is 0.148. The molecule has 0 spiro atoms. The molecule has 166 valence electrons. The zero-order chi connectivity index (χ0) is 23.2. The van der Waals surface area contributed by atoms with E-state index < -0.39 is 0 Å². The summed E-state index contributed by atoms with van der Waals surface area (Å²) >= 11 is 0. The summed E-state index contributed by atoms with van der Waals surface area (Å²) < 4.78 is 11.0. The summed E-state index contributed by atoms with van der Waals surface area (Å²) in [6.45, 7) is 4.01. The molecular formula is C27H25N3O3. The molecule has 0 aliphatic carbocycles. The van der Waals surface area contributed by atoms with Gasteiger partial charge < -0.3 is 14.8 Å². The molecule has 3 aromatic carbocycles. The van der Waals surface area contributed by atoms with Crippen molar-refractivity contribution in [1.29, 1.82) is 0 Å². The Kier molecular flexibility index (Phi) is 6.64. The van der Waals surface area contributed by atoms with E-state index in [-0.39, 0.29) is 11.9 Å². The van der Waals surface area contributed by atoms with Gasteiger partial charge in [-0.15, -0.1) is 0 Å². The van der Waals surface area contributed by atoms with E-state index in [9.17, 15) is 4.79 Å². The summed E-state index contributed by atoms with van der Waals surface area (Å²) in [6, 6.07) is 24.2. The Labute approximate surface area is 193 Å². The van der Waals surface area contributed by atoms with Crippen molar-refractivity contribution in [3.8, 4) is 28.8 Å². The maximum Gasteiger partial charge on any atom is 0.251 e. The number of amides is 1. The molecule has 0 radical (unpaired) electrons. The highest BCUT2D eigenvalue weighted by Gasteiger charge is 2.13. The van der Waals surface area contributed by atoms with Crippen molar-refractivity contribution in [3.05, 3.63) is 102 Å². The predicted octanol–water partition coefficient (Wildman–Crippen LogP) is 5.74. The lowest BCUT2D eigenvalue weighted by atomic mass is 10.1. The quantitative estimate of drug-likeness (QED) is 0.397. The molecule has 0 fully saturated rings. The molecule has 1 amide bonds. The second kappa shape index (κ2) is 9.96. The minimum atomic E-state index is -0.157. The van der Waals surface area contributed by atoms with Crippen molar-refractivity contribution in [1.82, 2.24) is 15.3 Å². The number of benzene rings is 3. The van der Waals surface area contributed by atoms with Crippen LogP contribution >= 0.6 is 0 Å². The van der Waals surface area contributed by atoms with Crippen LogP contribution in [-0.4, -0.2) is 23.0 Å². The second-order valence-electron chi connectivity index (χ2n) is 7.68. The van der Waals surface area contributed by atoms with Crippen molar-refractivity contribution in [2.75, 3.05) is 7.11 Å². The van der Waals surface area contributed by atoms with E-state index in [1.54, 1.807) is 43.6 Å². The van der Waals surface area contributed by atoms with Crippen LogP contribution in [0.1, 0.15) is 34.5 Å². The van der Waals surface area contributed by atoms with Gasteiger partial charge in [-0.3, -0.25) is 4.79 Å². The third-order valence-electron chi connectivity index (χ3n) is 5.22. The molecular weight excluding hydrogens is 414 g/mol. The number of hydrogen-bond donors (Lipinski definition) is 1. The predicted molar refractivity (Wildman–Crippen MR) is 128 cm³/mol. The van der Waals surface area contributed by atoms with Crippen molar-refractivity contribution < 1.29 is 14.3 Å². The van der Waals surface area contributed by atoms with Gasteiger partial charge in [0, 0.05) is 23.4 Å². The first-order valence-electron chi connectivity index (χ1n) is 10.6. The van der Waals surface area contributed by atoms with Crippen molar-refractivity contribution >= 4 is 5.91 Å². The SMILES string of the molecule is COc1ccc(Oc2ccnc(-c3cccc(C(=O)N[C@H](C)c4ccc(C)cc4)c3)n2)cc1. The van der Waals surface area contributed by atoms with Crippen molar-refractivity contribution in [2.24, 2.45) is 0 Å². The summed E-state index contributed by atoms with van der Waals surface area (Å²) in [5.41, 5.74) is 3.50. The second-order valence-corrected chi connectivity index (χ2v) is 7.68. The number of aryl methyl sites for hydroxylation is 1. The number of hydrogen-bond acceptors (Lipinski definition) is 5. The Balaban J connectivity index is 1.49. The van der Waals surface area contributed by atoms with Crippen LogP contribution in [0.25, 0.3) is 11.4 Å². The van der Waals surface area contributed by atoms with Crippen molar-refractivity contribution in [3.63, 3.8) is 0 Å². The lowest BCUT2D eigenvalue weighted by Crippen LogP contribution is -2.26. The van der Waals surface area contributed by atoms with E-state index in [0.717, 1.165) is 16.9 Å². The molecule has 0 unspecified atom stereocenters. The van der Waals surface area contributed by atoms with Crippen LogP contribution in [0.4, 0.5) is 0 Å². The number of nitrogens with zero attached hydrogens (tertiary/aromatic N) is 2. The van der Waals surface area contributed by atoms with Gasteiger partial charge >= 0.3 is 0 Å². The smallest absolute Gasteiger partial charge is 0.251 e. The Hall–Kier alpha value is -4.19. The highest BCUT2D eigenvalue weighted by Crippen LogP contribution is 2.25. The third kappa shape index (κ3) is 5.54. The fourth-order valence-electron chi connectivity index (χ4n) is 3.32. The summed E-state index contributed by atoms with van der Waals surface area (Å²) in [5.74, 6) is 2.11. The molecule has 4 aromatic rings. The Morgan fingerprint density at radius 3 is 2.39 bits per heavy atom. The molecule has 1 N–H and O–H groups in total. The molecule has 0 saturated carbocycles. The lowest BCUT2D eigenvalue weighted by Gasteiger charge is -2.15. The van der Waals surface area contributed by atoms with E-state index in [4.69, 9.17) is 9.47 Å². The van der Waals surface area contributed by atoms with E-state index >= 15 is 0 Å². The molecule has 0 bridgehead atoms. The van der Waals surface area contributed by atoms with Gasteiger partial charge in [0.25, 0.3) is 5.91 Å². The van der Waals surface area contributed by atoms with Crippen LogP contribution in [0.2, 0.25) is 0 Å². The molecule has 1 atom stereocenters. The maximum atomic E-state index is 12.9. The molecule has 0 saturated heterocycles. The largest absolute Gasteiger partial charge is 0.497 e. The topological polar surface area (TPSA) is 73.3 Å². The molecule has 6 heteroatoms. The van der Waals surface area contributed by atoms with Crippen LogP contribution in [0.15, 0.2) is 85.1 Å². The summed E-state index contributed by atoms with van der Waals surface area (Å²) in [7, 11) is 1.62. The van der Waals surface area contributed by atoms with E-state index in [0.29, 0.717) is 23.0 Å². The molecule has 6 nitrogen and oxygen atoms in total. The van der Waals surface area contributed by atoms with Crippen molar-refractivity contribution in [2.45, 2.75) is 19.9 Å². The maximum absolute atomic E-state index is 12.9. The van der Waals surface area contributed by atoms with Crippen LogP contribution in [0.5, 0.6) is 17.4 Å². The zero-order valence-electron chi connectivity index (χ0n) is 18.8. The average Bonchev–Trinajstić information content (AvgIpc) is 2.85. The first-order valence-corrected chi connectivity index (χ1v) is 10.6. The molecule has 4 rings (SSSR count). The van der Waals surface area contributed by atoms with Gasteiger partial charge in [-0.1, -0.05) is 42.0 Å². The highest BCUT2D eigenvalue weighted by molar-refractivity contribution is 5.95. The lowest BCUT2D eigenvalue weighted by molar-refractivity contribution is 0.0940.